The summed E-state index contributed by atoms with van der Waals surface area (Å²) in [5.41, 5.74) is 0.667. The lowest BCUT2D eigenvalue weighted by molar-refractivity contribution is -0.132. The van der Waals surface area contributed by atoms with Gasteiger partial charge in [0.2, 0.25) is 0 Å². The van der Waals surface area contributed by atoms with Crippen molar-refractivity contribution in [3.8, 4) is 11.5 Å². The molecule has 1 fully saturated rings. The molecule has 1 aliphatic heterocycles. The van der Waals surface area contributed by atoms with Crippen LogP contribution < -0.4 is 5.32 Å². The van der Waals surface area contributed by atoms with E-state index in [1.54, 1.807) is 12.4 Å². The molecule has 0 saturated carbocycles. The first-order chi connectivity index (χ1) is 11.5. The van der Waals surface area contributed by atoms with E-state index in [-0.39, 0.29) is 11.9 Å². The number of nitrogens with zero attached hydrogens (tertiary/aromatic N) is 5. The first-order valence-electron chi connectivity index (χ1n) is 8.02. The number of hydrogen-bond donors (Lipinski definition) is 1. The second kappa shape index (κ2) is 7.06. The number of pyridine rings is 1. The van der Waals surface area contributed by atoms with Gasteiger partial charge in [0.1, 0.15) is 23.9 Å². The van der Waals surface area contributed by atoms with E-state index in [0.29, 0.717) is 30.5 Å². The molecule has 1 aliphatic rings. The van der Waals surface area contributed by atoms with Crippen molar-refractivity contribution in [2.45, 2.75) is 26.0 Å². The molecule has 24 heavy (non-hydrogen) atoms. The van der Waals surface area contributed by atoms with Crippen molar-refractivity contribution < 1.29 is 9.53 Å². The Morgan fingerprint density at radius 2 is 2.25 bits per heavy atom. The average Bonchev–Trinajstić information content (AvgIpc) is 3.05. The summed E-state index contributed by atoms with van der Waals surface area (Å²) in [5, 5.41) is 10.9. The van der Waals surface area contributed by atoms with Gasteiger partial charge < -0.3 is 19.5 Å². The van der Waals surface area contributed by atoms with Gasteiger partial charge in [0.05, 0.1) is 6.61 Å². The van der Waals surface area contributed by atoms with Crippen molar-refractivity contribution in [2.24, 2.45) is 0 Å². The number of carbonyl (C=O) groups excluding carboxylic acids is 1. The Kier molecular flexibility index (Phi) is 4.86. The van der Waals surface area contributed by atoms with Gasteiger partial charge in [0.15, 0.2) is 5.82 Å². The molecule has 0 aliphatic carbocycles. The number of nitrogens with one attached hydrogen (secondary N) is 1. The van der Waals surface area contributed by atoms with Crippen LogP contribution in [0.15, 0.2) is 24.5 Å². The number of anilines is 1. The molecule has 0 bridgehead atoms. The lowest BCUT2D eigenvalue weighted by Crippen LogP contribution is -2.46. The Bertz CT molecular complexity index is 714. The van der Waals surface area contributed by atoms with E-state index < -0.39 is 6.10 Å². The fourth-order valence-electron chi connectivity index (χ4n) is 2.58. The molecule has 8 nitrogen and oxygen atoms in total. The summed E-state index contributed by atoms with van der Waals surface area (Å²) in [6.07, 6.45) is 1.20. The topological polar surface area (TPSA) is 85.2 Å². The quantitative estimate of drug-likeness (QED) is 0.906. The third-order valence-electron chi connectivity index (χ3n) is 3.92. The van der Waals surface area contributed by atoms with Crippen LogP contribution in [0.2, 0.25) is 0 Å². The highest BCUT2D eigenvalue weighted by Crippen LogP contribution is 2.20. The Morgan fingerprint density at radius 3 is 3.00 bits per heavy atom. The number of likely N-dealkylation sites (N-methyl/N-ethyl adjacent to an activating group) is 1. The van der Waals surface area contributed by atoms with Crippen molar-refractivity contribution in [3.63, 3.8) is 0 Å². The number of morpholine rings is 1. The molecule has 2 aromatic heterocycles. The largest absolute Gasteiger partial charge is 0.366 e. The molecular formula is C16H22N6O2. The predicted octanol–water partition coefficient (Wildman–Crippen LogP) is 1.19. The summed E-state index contributed by atoms with van der Waals surface area (Å²) >= 11 is 0. The van der Waals surface area contributed by atoms with Gasteiger partial charge in [-0.3, -0.25) is 4.79 Å². The molecule has 1 amide bonds. The fraction of sp³-hybridized carbons (Fsp3) is 0.500. The van der Waals surface area contributed by atoms with E-state index in [2.05, 4.69) is 39.2 Å². The Hall–Kier alpha value is -2.32. The normalized spacial score (nSPS) is 18.8. The van der Waals surface area contributed by atoms with Crippen LogP contribution in [-0.4, -0.2) is 63.4 Å². The van der Waals surface area contributed by atoms with Gasteiger partial charge in [-0.1, -0.05) is 6.07 Å². The standard InChI is InChI=1S/C16H22N6O2/c1-11(2)22-10-17-20-15(22)12-5-4-6-14(18-12)19-16(23)13-9-21(3)7-8-24-13/h4-6,10-11,13H,7-9H2,1-3H3,(H,18,19,23). The summed E-state index contributed by atoms with van der Waals surface area (Å²) in [5.74, 6) is 0.971. The van der Waals surface area contributed by atoms with Crippen LogP contribution in [0.3, 0.4) is 0 Å². The zero-order valence-corrected chi connectivity index (χ0v) is 14.1. The third-order valence-corrected chi connectivity index (χ3v) is 3.92. The van der Waals surface area contributed by atoms with E-state index in [9.17, 15) is 4.79 Å². The van der Waals surface area contributed by atoms with Crippen LogP contribution in [0.25, 0.3) is 11.5 Å². The zero-order valence-electron chi connectivity index (χ0n) is 14.1. The van der Waals surface area contributed by atoms with Gasteiger partial charge in [-0.2, -0.15) is 0 Å². The SMILES string of the molecule is CC(C)n1cnnc1-c1cccc(NC(=O)C2CN(C)CCO2)n1. The lowest BCUT2D eigenvalue weighted by atomic mass is 10.2. The van der Waals surface area contributed by atoms with Crippen molar-refractivity contribution in [1.82, 2.24) is 24.6 Å². The molecule has 2 aromatic rings. The molecule has 1 unspecified atom stereocenters. The van der Waals surface area contributed by atoms with Crippen molar-refractivity contribution in [3.05, 3.63) is 24.5 Å². The minimum atomic E-state index is -0.478. The average molecular weight is 330 g/mol. The van der Waals surface area contributed by atoms with Gasteiger partial charge in [-0.05, 0) is 33.0 Å². The number of rotatable bonds is 4. The molecular weight excluding hydrogens is 308 g/mol. The number of amides is 1. The van der Waals surface area contributed by atoms with E-state index in [1.165, 1.54) is 0 Å². The maximum absolute atomic E-state index is 12.4. The molecule has 1 atom stereocenters. The highest BCUT2D eigenvalue weighted by Gasteiger charge is 2.25. The van der Waals surface area contributed by atoms with E-state index in [4.69, 9.17) is 4.74 Å². The van der Waals surface area contributed by atoms with Crippen LogP contribution in [0.1, 0.15) is 19.9 Å². The molecule has 128 valence electrons. The summed E-state index contributed by atoms with van der Waals surface area (Å²) in [7, 11) is 1.97. The van der Waals surface area contributed by atoms with Crippen LogP contribution in [-0.2, 0) is 9.53 Å². The fourth-order valence-corrected chi connectivity index (χ4v) is 2.58. The van der Waals surface area contributed by atoms with Gasteiger partial charge in [0.25, 0.3) is 5.91 Å². The molecule has 8 heteroatoms. The molecule has 1 N–H and O–H groups in total. The second-order valence-electron chi connectivity index (χ2n) is 6.17. The maximum Gasteiger partial charge on any atom is 0.255 e. The summed E-state index contributed by atoms with van der Waals surface area (Å²) < 4.78 is 7.47. The molecule has 0 aromatic carbocycles. The third kappa shape index (κ3) is 3.60. The number of hydrogen-bond acceptors (Lipinski definition) is 6. The maximum atomic E-state index is 12.4. The zero-order chi connectivity index (χ0) is 17.1. The van der Waals surface area contributed by atoms with Crippen molar-refractivity contribution in [1.29, 1.82) is 0 Å². The van der Waals surface area contributed by atoms with Gasteiger partial charge in [-0.15, -0.1) is 10.2 Å². The number of carbonyl (C=O) groups is 1. The minimum Gasteiger partial charge on any atom is -0.366 e. The lowest BCUT2D eigenvalue weighted by Gasteiger charge is -2.28. The highest BCUT2D eigenvalue weighted by atomic mass is 16.5. The van der Waals surface area contributed by atoms with Gasteiger partial charge >= 0.3 is 0 Å². The van der Waals surface area contributed by atoms with Crippen LogP contribution in [0.4, 0.5) is 5.82 Å². The number of aromatic nitrogens is 4. The summed E-state index contributed by atoms with van der Waals surface area (Å²) in [4.78, 5) is 18.9. The highest BCUT2D eigenvalue weighted by molar-refractivity contribution is 5.93. The summed E-state index contributed by atoms with van der Waals surface area (Å²) in [6.45, 7) is 6.07. The monoisotopic (exact) mass is 330 g/mol. The Labute approximate surface area is 140 Å². The molecule has 1 saturated heterocycles. The predicted molar refractivity (Wildman–Crippen MR) is 89.5 cm³/mol. The first kappa shape index (κ1) is 16.5. The van der Waals surface area contributed by atoms with E-state index >= 15 is 0 Å². The minimum absolute atomic E-state index is 0.184. The van der Waals surface area contributed by atoms with Crippen LogP contribution in [0.5, 0.6) is 0 Å². The Balaban J connectivity index is 1.76. The summed E-state index contributed by atoms with van der Waals surface area (Å²) in [6, 6.07) is 5.67. The molecule has 0 spiro atoms. The first-order valence-corrected chi connectivity index (χ1v) is 8.02. The Morgan fingerprint density at radius 1 is 1.42 bits per heavy atom. The molecule has 3 rings (SSSR count). The van der Waals surface area contributed by atoms with E-state index in [1.807, 2.05) is 23.7 Å². The van der Waals surface area contributed by atoms with Gasteiger partial charge in [-0.25, -0.2) is 4.98 Å². The van der Waals surface area contributed by atoms with Crippen LogP contribution >= 0.6 is 0 Å². The second-order valence-corrected chi connectivity index (χ2v) is 6.17. The van der Waals surface area contributed by atoms with Crippen molar-refractivity contribution in [2.75, 3.05) is 32.1 Å². The molecule has 0 radical (unpaired) electrons. The molecule has 3 heterocycles. The van der Waals surface area contributed by atoms with E-state index in [0.717, 1.165) is 6.54 Å². The van der Waals surface area contributed by atoms with Crippen molar-refractivity contribution >= 4 is 11.7 Å². The van der Waals surface area contributed by atoms with Crippen LogP contribution in [0, 0.1) is 0 Å². The number of ether oxygens (including phenoxy) is 1. The smallest absolute Gasteiger partial charge is 0.255 e. The van der Waals surface area contributed by atoms with Gasteiger partial charge in [0, 0.05) is 19.1 Å².